The number of halogens is 2. The van der Waals surface area contributed by atoms with E-state index in [1.54, 1.807) is 30.0 Å². The third kappa shape index (κ3) is 3.66. The van der Waals surface area contributed by atoms with Crippen molar-refractivity contribution in [1.82, 2.24) is 9.88 Å². The van der Waals surface area contributed by atoms with E-state index in [-0.39, 0.29) is 11.8 Å². The fourth-order valence-corrected chi connectivity index (χ4v) is 4.67. The molecule has 1 aliphatic rings. The molecule has 132 valence electrons. The average molecular weight is 399 g/mol. The van der Waals surface area contributed by atoms with Crippen LogP contribution in [0.5, 0.6) is 0 Å². The molecule has 0 bridgehead atoms. The van der Waals surface area contributed by atoms with Crippen molar-refractivity contribution < 1.29 is 14.7 Å². The van der Waals surface area contributed by atoms with Crippen LogP contribution < -0.4 is 0 Å². The molecule has 2 heterocycles. The number of hydrogen-bond donors (Lipinski definition) is 1. The van der Waals surface area contributed by atoms with Crippen LogP contribution in [0.15, 0.2) is 18.2 Å². The summed E-state index contributed by atoms with van der Waals surface area (Å²) in [6.07, 6.45) is 0.949. The van der Waals surface area contributed by atoms with Gasteiger partial charge in [0.05, 0.1) is 21.7 Å². The lowest BCUT2D eigenvalue weighted by Gasteiger charge is -2.29. The first-order valence-electron chi connectivity index (χ1n) is 7.82. The number of aromatic nitrogens is 1. The summed E-state index contributed by atoms with van der Waals surface area (Å²) in [5, 5.41) is 10.7. The first-order chi connectivity index (χ1) is 11.9. The Hall–Kier alpha value is -1.63. The minimum atomic E-state index is -0.795. The van der Waals surface area contributed by atoms with Gasteiger partial charge in [0.25, 0.3) is 5.91 Å². The van der Waals surface area contributed by atoms with Crippen LogP contribution >= 0.6 is 34.5 Å². The molecule has 8 heteroatoms. The van der Waals surface area contributed by atoms with E-state index in [1.807, 2.05) is 0 Å². The average Bonchev–Trinajstić information content (AvgIpc) is 2.95. The van der Waals surface area contributed by atoms with Crippen LogP contribution in [0.3, 0.4) is 0 Å². The molecule has 2 aromatic rings. The lowest BCUT2D eigenvalue weighted by Crippen LogP contribution is -2.40. The van der Waals surface area contributed by atoms with Gasteiger partial charge < -0.3 is 10.0 Å². The van der Waals surface area contributed by atoms with Gasteiger partial charge in [-0.05, 0) is 31.9 Å². The van der Waals surface area contributed by atoms with Crippen molar-refractivity contribution in [3.63, 3.8) is 0 Å². The van der Waals surface area contributed by atoms with Crippen LogP contribution in [-0.2, 0) is 4.79 Å². The fourth-order valence-electron chi connectivity index (χ4n) is 2.88. The molecule has 5 nitrogen and oxygen atoms in total. The van der Waals surface area contributed by atoms with Gasteiger partial charge in [-0.1, -0.05) is 29.3 Å². The molecule has 1 amide bonds. The van der Waals surface area contributed by atoms with E-state index in [2.05, 4.69) is 4.98 Å². The maximum Gasteiger partial charge on any atom is 0.306 e. The summed E-state index contributed by atoms with van der Waals surface area (Å²) in [6.45, 7) is 2.66. The number of hydrogen-bond acceptors (Lipinski definition) is 4. The van der Waals surface area contributed by atoms with Crippen molar-refractivity contribution in [2.45, 2.75) is 19.8 Å². The molecule has 1 saturated heterocycles. The van der Waals surface area contributed by atoms with Crippen LogP contribution in [-0.4, -0.2) is 40.0 Å². The van der Waals surface area contributed by atoms with Crippen molar-refractivity contribution in [3.05, 3.63) is 38.8 Å². The Morgan fingerprint density at radius 2 is 1.84 bits per heavy atom. The quantitative estimate of drug-likeness (QED) is 0.833. The van der Waals surface area contributed by atoms with Gasteiger partial charge in [-0.2, -0.15) is 0 Å². The molecule has 25 heavy (non-hydrogen) atoms. The zero-order valence-corrected chi connectivity index (χ0v) is 15.8. The van der Waals surface area contributed by atoms with Crippen LogP contribution in [0.1, 0.15) is 28.2 Å². The van der Waals surface area contributed by atoms with E-state index in [0.717, 1.165) is 0 Å². The highest BCUT2D eigenvalue weighted by Gasteiger charge is 2.29. The number of carbonyl (C=O) groups is 2. The number of amides is 1. The van der Waals surface area contributed by atoms with Gasteiger partial charge in [-0.15, -0.1) is 11.3 Å². The number of carboxylic acid groups (broad SMARTS) is 1. The molecule has 1 aliphatic heterocycles. The molecule has 1 fully saturated rings. The second-order valence-corrected chi connectivity index (χ2v) is 7.75. The molecule has 1 aromatic heterocycles. The van der Waals surface area contributed by atoms with Crippen LogP contribution in [0, 0.1) is 12.8 Å². The Labute approximate surface area is 159 Å². The summed E-state index contributed by atoms with van der Waals surface area (Å²) in [5.41, 5.74) is 1.25. The first kappa shape index (κ1) is 18.2. The van der Waals surface area contributed by atoms with Crippen molar-refractivity contribution in [3.8, 4) is 10.6 Å². The number of carboxylic acids is 1. The number of piperidine rings is 1. The molecule has 0 atom stereocenters. The molecule has 1 aromatic carbocycles. The number of carbonyl (C=O) groups excluding carboxylic acids is 1. The van der Waals surface area contributed by atoms with E-state index in [4.69, 9.17) is 28.3 Å². The van der Waals surface area contributed by atoms with Gasteiger partial charge in [0.15, 0.2) is 0 Å². The normalized spacial score (nSPS) is 15.4. The SMILES string of the molecule is Cc1nc(-c2c(Cl)cccc2Cl)sc1C(=O)N1CCC(C(=O)O)CC1. The van der Waals surface area contributed by atoms with Crippen LogP contribution in [0.2, 0.25) is 10.0 Å². The van der Waals surface area contributed by atoms with Crippen LogP contribution in [0.25, 0.3) is 10.6 Å². The number of likely N-dealkylation sites (tertiary alicyclic amines) is 1. The number of aryl methyl sites for hydroxylation is 1. The lowest BCUT2D eigenvalue weighted by atomic mass is 9.97. The van der Waals surface area contributed by atoms with Crippen molar-refractivity contribution >= 4 is 46.4 Å². The minimum absolute atomic E-state index is 0.117. The maximum absolute atomic E-state index is 12.8. The van der Waals surface area contributed by atoms with E-state index in [1.165, 1.54) is 11.3 Å². The Morgan fingerprint density at radius 3 is 2.40 bits per heavy atom. The molecular weight excluding hydrogens is 383 g/mol. The van der Waals surface area contributed by atoms with Gasteiger partial charge in [-0.3, -0.25) is 9.59 Å². The molecule has 0 saturated carbocycles. The number of rotatable bonds is 3. The van der Waals surface area contributed by atoms with E-state index in [9.17, 15) is 9.59 Å². The topological polar surface area (TPSA) is 70.5 Å². The highest BCUT2D eigenvalue weighted by Crippen LogP contribution is 2.38. The summed E-state index contributed by atoms with van der Waals surface area (Å²) >= 11 is 13.7. The molecule has 0 aliphatic carbocycles. The Morgan fingerprint density at radius 1 is 1.24 bits per heavy atom. The Bertz CT molecular complexity index is 809. The number of aliphatic carboxylic acids is 1. The summed E-state index contributed by atoms with van der Waals surface area (Å²) in [5.74, 6) is -1.28. The predicted molar refractivity (Wildman–Crippen MR) is 98.6 cm³/mol. The molecule has 0 unspecified atom stereocenters. The van der Waals surface area contributed by atoms with Gasteiger partial charge in [0, 0.05) is 18.7 Å². The van der Waals surface area contributed by atoms with Crippen molar-refractivity contribution in [1.29, 1.82) is 0 Å². The second kappa shape index (κ2) is 7.32. The van der Waals surface area contributed by atoms with Gasteiger partial charge in [0.2, 0.25) is 0 Å². The third-order valence-electron chi connectivity index (χ3n) is 4.30. The smallest absolute Gasteiger partial charge is 0.306 e. The van der Waals surface area contributed by atoms with E-state index >= 15 is 0 Å². The molecule has 3 rings (SSSR count). The number of thiazole rings is 1. The molecule has 0 radical (unpaired) electrons. The molecule has 1 N–H and O–H groups in total. The Kier molecular flexibility index (Phi) is 5.32. The largest absolute Gasteiger partial charge is 0.481 e. The van der Waals surface area contributed by atoms with E-state index in [0.29, 0.717) is 57.1 Å². The monoisotopic (exact) mass is 398 g/mol. The van der Waals surface area contributed by atoms with E-state index < -0.39 is 5.97 Å². The lowest BCUT2D eigenvalue weighted by molar-refractivity contribution is -0.143. The number of benzene rings is 1. The zero-order valence-electron chi connectivity index (χ0n) is 13.5. The summed E-state index contributed by atoms with van der Waals surface area (Å²) in [4.78, 5) is 30.5. The Balaban J connectivity index is 1.84. The number of nitrogens with zero attached hydrogens (tertiary/aromatic N) is 2. The molecule has 0 spiro atoms. The molecular formula is C17H16Cl2N2O3S. The summed E-state index contributed by atoms with van der Waals surface area (Å²) in [6, 6.07) is 5.22. The highest BCUT2D eigenvalue weighted by molar-refractivity contribution is 7.17. The summed E-state index contributed by atoms with van der Waals surface area (Å²) in [7, 11) is 0. The van der Waals surface area contributed by atoms with Crippen molar-refractivity contribution in [2.75, 3.05) is 13.1 Å². The third-order valence-corrected chi connectivity index (χ3v) is 6.09. The summed E-state index contributed by atoms with van der Waals surface area (Å²) < 4.78 is 0. The van der Waals surface area contributed by atoms with Crippen LogP contribution in [0.4, 0.5) is 0 Å². The fraction of sp³-hybridized carbons (Fsp3) is 0.353. The first-order valence-corrected chi connectivity index (χ1v) is 9.39. The highest BCUT2D eigenvalue weighted by atomic mass is 35.5. The maximum atomic E-state index is 12.8. The predicted octanol–water partition coefficient (Wildman–Crippen LogP) is 4.36. The minimum Gasteiger partial charge on any atom is -0.481 e. The standard InChI is InChI=1S/C17H16Cl2N2O3S/c1-9-14(16(22)21-7-5-10(6-8-21)17(23)24)25-15(20-9)13-11(18)3-2-4-12(13)19/h2-4,10H,5-8H2,1H3,(H,23,24). The second-order valence-electron chi connectivity index (χ2n) is 5.93. The van der Waals surface area contributed by atoms with Gasteiger partial charge in [-0.25, -0.2) is 4.98 Å². The van der Waals surface area contributed by atoms with Crippen molar-refractivity contribution in [2.24, 2.45) is 5.92 Å². The zero-order chi connectivity index (χ0) is 18.1. The van der Waals surface area contributed by atoms with Gasteiger partial charge in [0.1, 0.15) is 9.88 Å². The van der Waals surface area contributed by atoms with Gasteiger partial charge >= 0.3 is 5.97 Å².